The van der Waals surface area contributed by atoms with Gasteiger partial charge in [0.05, 0.1) is 50.7 Å². The summed E-state index contributed by atoms with van der Waals surface area (Å²) in [4.78, 5) is 48.9. The predicted molar refractivity (Wildman–Crippen MR) is 159 cm³/mol. The van der Waals surface area contributed by atoms with Crippen molar-refractivity contribution in [3.63, 3.8) is 0 Å². The van der Waals surface area contributed by atoms with Crippen LogP contribution in [0, 0.1) is 0 Å². The van der Waals surface area contributed by atoms with Crippen molar-refractivity contribution in [3.8, 4) is 5.75 Å². The fourth-order valence-corrected chi connectivity index (χ4v) is 4.31. The van der Waals surface area contributed by atoms with Crippen LogP contribution in [0.5, 0.6) is 5.75 Å². The van der Waals surface area contributed by atoms with E-state index in [4.69, 9.17) is 0 Å². The SMILES string of the molecule is C.CC.CC.CC.COC(=O)c1nc2c(N3CCN(C)C3=O)cc(N3CC[NH+](C(C)C)CC3)cn2c(=O)c1O. The Bertz CT molecular complexity index is 1130. The average Bonchev–Trinajstić information content (AvgIpc) is 3.30. The van der Waals surface area contributed by atoms with Crippen molar-refractivity contribution >= 4 is 29.0 Å². The van der Waals surface area contributed by atoms with Gasteiger partial charge >= 0.3 is 17.6 Å². The lowest BCUT2D eigenvalue weighted by Gasteiger charge is -2.36. The molecule has 2 aliphatic rings. The first-order chi connectivity index (χ1) is 18.2. The predicted octanol–water partition coefficient (Wildman–Crippen LogP) is 2.89. The van der Waals surface area contributed by atoms with Crippen molar-refractivity contribution in [1.82, 2.24) is 14.3 Å². The number of aromatic nitrogens is 2. The minimum Gasteiger partial charge on any atom is -0.501 e. The highest BCUT2D eigenvalue weighted by atomic mass is 16.5. The van der Waals surface area contributed by atoms with E-state index in [1.807, 2.05) is 47.6 Å². The maximum atomic E-state index is 13.0. The summed E-state index contributed by atoms with van der Waals surface area (Å²) >= 11 is 0. The van der Waals surface area contributed by atoms with E-state index in [1.54, 1.807) is 23.0 Å². The number of nitrogens with zero attached hydrogens (tertiary/aromatic N) is 5. The second-order valence-corrected chi connectivity index (χ2v) is 8.54. The number of methoxy groups -OCH3 is 1. The van der Waals surface area contributed by atoms with Crippen molar-refractivity contribution in [3.05, 3.63) is 28.3 Å². The lowest BCUT2D eigenvalue weighted by molar-refractivity contribution is -0.921. The molecule has 4 heterocycles. The maximum Gasteiger partial charge on any atom is 0.360 e. The molecule has 2 amide bonds. The summed E-state index contributed by atoms with van der Waals surface area (Å²) in [5.74, 6) is -1.70. The van der Waals surface area contributed by atoms with Crippen LogP contribution in [-0.2, 0) is 4.74 Å². The molecule has 0 aliphatic carbocycles. The molecule has 2 aromatic rings. The van der Waals surface area contributed by atoms with Gasteiger partial charge in [-0.1, -0.05) is 49.0 Å². The molecule has 0 unspecified atom stereocenters. The van der Waals surface area contributed by atoms with Crippen molar-refractivity contribution in [1.29, 1.82) is 0 Å². The van der Waals surface area contributed by atoms with Crippen LogP contribution in [0.1, 0.15) is 73.3 Å². The molecule has 0 atom stereocenters. The van der Waals surface area contributed by atoms with Crippen LogP contribution in [0.2, 0.25) is 0 Å². The third kappa shape index (κ3) is 7.62. The van der Waals surface area contributed by atoms with E-state index in [9.17, 15) is 19.5 Å². The number of quaternary nitrogens is 1. The number of likely N-dealkylation sites (N-methyl/N-ethyl adjacent to an activating group) is 1. The van der Waals surface area contributed by atoms with E-state index in [-0.39, 0.29) is 19.1 Å². The second-order valence-electron chi connectivity index (χ2n) is 8.54. The number of hydrogen-bond acceptors (Lipinski definition) is 7. The molecule has 0 bridgehead atoms. The quantitative estimate of drug-likeness (QED) is 0.562. The minimum atomic E-state index is -0.922. The normalized spacial score (nSPS) is 14.9. The number of piperazine rings is 1. The van der Waals surface area contributed by atoms with E-state index in [1.165, 1.54) is 9.30 Å². The van der Waals surface area contributed by atoms with Gasteiger partial charge in [0.1, 0.15) is 0 Å². The number of fused-ring (bicyclic) bond motifs is 1. The number of aromatic hydroxyl groups is 1. The second kappa shape index (κ2) is 16.6. The smallest absolute Gasteiger partial charge is 0.360 e. The molecule has 0 saturated carbocycles. The molecule has 11 heteroatoms. The molecule has 2 aromatic heterocycles. The number of urea groups is 1. The highest BCUT2D eigenvalue weighted by Crippen LogP contribution is 2.30. The van der Waals surface area contributed by atoms with Crippen molar-refractivity contribution in [2.45, 2.75) is 68.9 Å². The van der Waals surface area contributed by atoms with Gasteiger partial charge in [-0.3, -0.25) is 14.1 Å². The lowest BCUT2D eigenvalue weighted by Crippen LogP contribution is -3.17. The average molecular weight is 552 g/mol. The van der Waals surface area contributed by atoms with Gasteiger partial charge in [-0.2, -0.15) is 0 Å². The summed E-state index contributed by atoms with van der Waals surface area (Å²) in [6.45, 7) is 20.8. The highest BCUT2D eigenvalue weighted by molar-refractivity contribution is 5.99. The zero-order chi connectivity index (χ0) is 29.2. The molecule has 0 aromatic carbocycles. The number of amides is 2. The van der Waals surface area contributed by atoms with E-state index in [0.29, 0.717) is 24.8 Å². The molecular formula is C28H51N6O5+. The summed E-state index contributed by atoms with van der Waals surface area (Å²) in [5.41, 5.74) is 0.0298. The van der Waals surface area contributed by atoms with Gasteiger partial charge < -0.3 is 24.5 Å². The first-order valence-electron chi connectivity index (χ1n) is 13.7. The number of carbonyl (C=O) groups is 2. The first-order valence-corrected chi connectivity index (χ1v) is 13.7. The molecular weight excluding hydrogens is 500 g/mol. The molecule has 4 rings (SSSR count). The van der Waals surface area contributed by atoms with E-state index in [2.05, 4.69) is 28.5 Å². The van der Waals surface area contributed by atoms with Gasteiger partial charge in [0, 0.05) is 26.3 Å². The Balaban J connectivity index is 0.00000193. The van der Waals surface area contributed by atoms with Crippen LogP contribution in [0.3, 0.4) is 0 Å². The van der Waals surface area contributed by atoms with E-state index >= 15 is 0 Å². The molecule has 39 heavy (non-hydrogen) atoms. The van der Waals surface area contributed by atoms with Crippen molar-refractivity contribution in [2.24, 2.45) is 0 Å². The van der Waals surface area contributed by atoms with E-state index in [0.717, 1.165) is 39.0 Å². The monoisotopic (exact) mass is 551 g/mol. The number of anilines is 2. The Labute approximate surface area is 234 Å². The van der Waals surface area contributed by atoms with Gasteiger partial charge in [-0.05, 0) is 19.9 Å². The number of esters is 1. The van der Waals surface area contributed by atoms with Crippen LogP contribution in [0.25, 0.3) is 5.65 Å². The van der Waals surface area contributed by atoms with Crippen molar-refractivity contribution < 1.29 is 24.3 Å². The maximum absolute atomic E-state index is 13.0. The van der Waals surface area contributed by atoms with Gasteiger partial charge in [0.25, 0.3) is 0 Å². The van der Waals surface area contributed by atoms with Gasteiger partial charge in [-0.15, -0.1) is 0 Å². The summed E-state index contributed by atoms with van der Waals surface area (Å²) in [5, 5.41) is 10.3. The van der Waals surface area contributed by atoms with Crippen LogP contribution >= 0.6 is 0 Å². The molecule has 2 N–H and O–H groups in total. The fraction of sp³-hybridized carbons (Fsp3) is 0.643. The summed E-state index contributed by atoms with van der Waals surface area (Å²) in [6.07, 6.45) is 1.61. The molecule has 0 spiro atoms. The van der Waals surface area contributed by atoms with Gasteiger partial charge in [0.15, 0.2) is 11.3 Å². The van der Waals surface area contributed by atoms with Crippen LogP contribution in [0.15, 0.2) is 17.1 Å². The van der Waals surface area contributed by atoms with Gasteiger partial charge in [0.2, 0.25) is 5.75 Å². The van der Waals surface area contributed by atoms with Gasteiger partial charge in [-0.25, -0.2) is 14.6 Å². The van der Waals surface area contributed by atoms with Crippen LogP contribution in [-0.4, -0.2) is 90.9 Å². The first kappa shape index (κ1) is 35.7. The Morgan fingerprint density at radius 2 is 1.59 bits per heavy atom. The number of ether oxygens (including phenoxy) is 1. The molecule has 222 valence electrons. The molecule has 2 aliphatic heterocycles. The molecule has 0 radical (unpaired) electrons. The summed E-state index contributed by atoms with van der Waals surface area (Å²) in [6, 6.07) is 2.14. The number of nitrogens with one attached hydrogen (secondary N) is 1. The fourth-order valence-electron chi connectivity index (χ4n) is 4.31. The number of rotatable bonds is 4. The lowest BCUT2D eigenvalue weighted by atomic mass is 10.2. The van der Waals surface area contributed by atoms with Crippen LogP contribution < -0.4 is 20.3 Å². The zero-order valence-electron chi connectivity index (χ0n) is 24.8. The van der Waals surface area contributed by atoms with Crippen LogP contribution in [0.4, 0.5) is 16.2 Å². The number of pyridine rings is 1. The third-order valence-corrected chi connectivity index (χ3v) is 6.34. The highest BCUT2D eigenvalue weighted by Gasteiger charge is 2.32. The zero-order valence-corrected chi connectivity index (χ0v) is 24.8. The molecule has 2 saturated heterocycles. The Morgan fingerprint density at radius 1 is 1.03 bits per heavy atom. The van der Waals surface area contributed by atoms with Crippen molar-refractivity contribution in [2.75, 3.05) is 63.2 Å². The molecule has 2 fully saturated rings. The minimum absolute atomic E-state index is 0. The molecule has 11 nitrogen and oxygen atoms in total. The Kier molecular flexibility index (Phi) is 15.2. The topological polar surface area (TPSA) is 112 Å². The summed E-state index contributed by atoms with van der Waals surface area (Å²) in [7, 11) is 2.85. The number of hydrogen-bond donors (Lipinski definition) is 2. The number of carbonyl (C=O) groups excluding carboxylic acids is 2. The third-order valence-electron chi connectivity index (χ3n) is 6.34. The Morgan fingerprint density at radius 3 is 2.05 bits per heavy atom. The largest absolute Gasteiger partial charge is 0.501 e. The Hall–Kier alpha value is -3.34. The summed E-state index contributed by atoms with van der Waals surface area (Å²) < 4.78 is 5.87. The standard InChI is InChI=1S/C21H28N6O5.3C2H6.CH4/c1-13(2)24-6-8-25(9-7-24)14-11-15(26-10-5-23(3)21(26)31)18-22-16(20(30)32-4)17(28)19(29)27(18)12-14;3*1-2;/h11-13,28H,5-10H2,1-4H3;3*1-2H3;1H4/p+1. The van der Waals surface area contributed by atoms with E-state index < -0.39 is 23.0 Å².